The van der Waals surface area contributed by atoms with Crippen LogP contribution in [0.2, 0.25) is 0 Å². The van der Waals surface area contributed by atoms with Crippen molar-refractivity contribution in [3.63, 3.8) is 0 Å². The first-order chi connectivity index (χ1) is 15.4. The summed E-state index contributed by atoms with van der Waals surface area (Å²) in [6, 6.07) is 8.32. The smallest absolute Gasteiger partial charge is 0.274 e. The fourth-order valence-corrected chi connectivity index (χ4v) is 6.71. The predicted octanol–water partition coefficient (Wildman–Crippen LogP) is 2.66. The number of hydrogen-bond acceptors (Lipinski definition) is 8. The number of anilines is 1. The molecule has 0 saturated heterocycles. The average Bonchev–Trinajstić information content (AvgIpc) is 2.87. The van der Waals surface area contributed by atoms with Gasteiger partial charge >= 0.3 is 0 Å². The fourth-order valence-electron chi connectivity index (χ4n) is 4.35. The number of carbonyl (C=O) groups is 1. The van der Waals surface area contributed by atoms with Crippen LogP contribution in [0.25, 0.3) is 0 Å². The quantitative estimate of drug-likeness (QED) is 0.701. The number of amides is 1. The Morgan fingerprint density at radius 2 is 1.97 bits per heavy atom. The van der Waals surface area contributed by atoms with Gasteiger partial charge in [-0.15, -0.1) is 0 Å². The van der Waals surface area contributed by atoms with E-state index in [2.05, 4.69) is 10.3 Å². The fraction of sp³-hybridized carbons (Fsp3) is 0.435. The largest absolute Gasteiger partial charge is 0.495 e. The van der Waals surface area contributed by atoms with Gasteiger partial charge in [-0.1, -0.05) is 0 Å². The van der Waals surface area contributed by atoms with Crippen LogP contribution in [0, 0.1) is 0 Å². The molecule has 0 bridgehead atoms. The Kier molecular flexibility index (Phi) is 5.39. The van der Waals surface area contributed by atoms with Crippen LogP contribution in [0.15, 0.2) is 41.5 Å². The van der Waals surface area contributed by atoms with Gasteiger partial charge < -0.3 is 20.5 Å². The lowest BCUT2D eigenvalue weighted by Gasteiger charge is -2.43. The molecule has 1 aromatic carbocycles. The zero-order chi connectivity index (χ0) is 24.2. The van der Waals surface area contributed by atoms with Crippen molar-refractivity contribution >= 4 is 27.3 Å². The number of sulfone groups is 1. The van der Waals surface area contributed by atoms with Crippen molar-refractivity contribution in [2.45, 2.75) is 55.8 Å². The van der Waals surface area contributed by atoms with E-state index in [-0.39, 0.29) is 24.1 Å². The van der Waals surface area contributed by atoms with E-state index in [0.717, 1.165) is 0 Å². The Hall–Kier alpha value is -3.14. The second kappa shape index (κ2) is 7.72. The molecule has 0 spiro atoms. The van der Waals surface area contributed by atoms with Gasteiger partial charge in [0.25, 0.3) is 5.91 Å². The highest BCUT2D eigenvalue weighted by atomic mass is 32.2. The lowest BCUT2D eigenvalue weighted by atomic mass is 9.85. The van der Waals surface area contributed by atoms with E-state index in [1.807, 2.05) is 6.92 Å². The second-order valence-electron chi connectivity index (χ2n) is 9.10. The van der Waals surface area contributed by atoms with Crippen molar-refractivity contribution in [2.24, 2.45) is 10.7 Å². The number of nitrogens with one attached hydrogen (secondary N) is 1. The van der Waals surface area contributed by atoms with E-state index in [1.165, 1.54) is 13.3 Å². The molecule has 33 heavy (non-hydrogen) atoms. The molecule has 3 N–H and O–H groups in total. The molecular weight excluding hydrogens is 444 g/mol. The molecular formula is C23H28N4O5S. The summed E-state index contributed by atoms with van der Waals surface area (Å²) in [6.45, 7) is 6.76. The van der Waals surface area contributed by atoms with Gasteiger partial charge in [-0.2, -0.15) is 0 Å². The van der Waals surface area contributed by atoms with Gasteiger partial charge in [-0.25, -0.2) is 13.4 Å². The van der Waals surface area contributed by atoms with Gasteiger partial charge in [0.2, 0.25) is 0 Å². The molecule has 3 atom stereocenters. The van der Waals surface area contributed by atoms with Crippen molar-refractivity contribution < 1.29 is 22.7 Å². The molecule has 0 unspecified atom stereocenters. The van der Waals surface area contributed by atoms with Crippen LogP contribution in [0.4, 0.5) is 5.69 Å². The lowest BCUT2D eigenvalue weighted by molar-refractivity contribution is 0.102. The minimum atomic E-state index is -3.70. The summed E-state index contributed by atoms with van der Waals surface area (Å²) in [4.78, 5) is 21.5. The lowest BCUT2D eigenvalue weighted by Crippen LogP contribution is -2.60. The van der Waals surface area contributed by atoms with Gasteiger partial charge in [0.15, 0.2) is 9.84 Å². The Bertz CT molecular complexity index is 1240. The molecule has 0 aliphatic carbocycles. The molecule has 4 rings (SSSR count). The standard InChI is InChI=1S/C23H28N4O5S/c1-13-10-19-23(4,27-21(24)22(2,3)33(19,29)30)16-11-14(6-9-18(16)32-13)26-20(28)17-8-7-15(31-5)12-25-17/h6-9,11-13,19H,10H2,1-5H3,(H2,24,27)(H,26,28)/t13-,19+,23+/m0/s1. The second-order valence-corrected chi connectivity index (χ2v) is 11.8. The van der Waals surface area contributed by atoms with Crippen molar-refractivity contribution in [1.29, 1.82) is 0 Å². The zero-order valence-electron chi connectivity index (χ0n) is 19.2. The third-order valence-electron chi connectivity index (χ3n) is 6.54. The number of methoxy groups -OCH3 is 1. The summed E-state index contributed by atoms with van der Waals surface area (Å²) in [5.41, 5.74) is 6.24. The molecule has 2 aromatic rings. The Morgan fingerprint density at radius 3 is 2.61 bits per heavy atom. The Morgan fingerprint density at radius 1 is 1.24 bits per heavy atom. The molecule has 3 heterocycles. The van der Waals surface area contributed by atoms with Gasteiger partial charge in [0.1, 0.15) is 33.3 Å². The molecule has 2 aliphatic rings. The number of aromatic nitrogens is 1. The van der Waals surface area contributed by atoms with E-state index in [1.54, 1.807) is 51.1 Å². The summed E-state index contributed by atoms with van der Waals surface area (Å²) in [5, 5.41) is 1.98. The minimum Gasteiger partial charge on any atom is -0.495 e. The molecule has 2 aliphatic heterocycles. The predicted molar refractivity (Wildman–Crippen MR) is 126 cm³/mol. The maximum atomic E-state index is 13.6. The van der Waals surface area contributed by atoms with Crippen LogP contribution < -0.4 is 20.5 Å². The number of amidine groups is 1. The van der Waals surface area contributed by atoms with E-state index >= 15 is 0 Å². The van der Waals surface area contributed by atoms with Gasteiger partial charge in [0.05, 0.1) is 24.7 Å². The Labute approximate surface area is 193 Å². The summed E-state index contributed by atoms with van der Waals surface area (Å²) in [7, 11) is -2.18. The van der Waals surface area contributed by atoms with Crippen molar-refractivity contribution in [3.8, 4) is 11.5 Å². The first kappa shape index (κ1) is 23.0. The summed E-state index contributed by atoms with van der Waals surface area (Å²) in [5.74, 6) is 0.694. The molecule has 10 heteroatoms. The number of fused-ring (bicyclic) bond motifs is 3. The van der Waals surface area contributed by atoms with E-state index in [0.29, 0.717) is 22.7 Å². The maximum Gasteiger partial charge on any atom is 0.274 e. The number of pyridine rings is 1. The summed E-state index contributed by atoms with van der Waals surface area (Å²) >= 11 is 0. The minimum absolute atomic E-state index is 0.0543. The van der Waals surface area contributed by atoms with Crippen LogP contribution >= 0.6 is 0 Å². The number of nitrogens with two attached hydrogens (primary N) is 1. The molecule has 9 nitrogen and oxygen atoms in total. The van der Waals surface area contributed by atoms with E-state index in [4.69, 9.17) is 20.2 Å². The van der Waals surface area contributed by atoms with Gasteiger partial charge in [0, 0.05) is 17.7 Å². The molecule has 0 radical (unpaired) electrons. The van der Waals surface area contributed by atoms with Crippen LogP contribution in [0.1, 0.15) is 50.2 Å². The van der Waals surface area contributed by atoms with Crippen LogP contribution in [0.3, 0.4) is 0 Å². The number of carbonyl (C=O) groups excluding carboxylic acids is 1. The molecule has 0 fully saturated rings. The third-order valence-corrected chi connectivity index (χ3v) is 9.58. The van der Waals surface area contributed by atoms with Crippen LogP contribution in [-0.2, 0) is 15.4 Å². The SMILES string of the molecule is COc1ccc(C(=O)Nc2ccc3c(c2)[C@@]2(C)N=C(N)C(C)(C)S(=O)(=O)[C@@H]2C[C@H](C)O3)nc1. The van der Waals surface area contributed by atoms with E-state index < -0.39 is 31.3 Å². The maximum absolute atomic E-state index is 13.6. The highest BCUT2D eigenvalue weighted by Crippen LogP contribution is 2.49. The normalized spacial score (nSPS) is 27.1. The van der Waals surface area contributed by atoms with Gasteiger partial charge in [-0.05, 0) is 58.0 Å². The monoisotopic (exact) mass is 472 g/mol. The Balaban J connectivity index is 1.78. The number of benzene rings is 1. The average molecular weight is 473 g/mol. The van der Waals surface area contributed by atoms with Crippen molar-refractivity contribution in [1.82, 2.24) is 4.98 Å². The summed E-state index contributed by atoms with van der Waals surface area (Å²) < 4.78 is 37.0. The zero-order valence-corrected chi connectivity index (χ0v) is 20.1. The molecule has 176 valence electrons. The van der Waals surface area contributed by atoms with Crippen LogP contribution in [-0.4, -0.2) is 48.4 Å². The molecule has 0 saturated carbocycles. The van der Waals surface area contributed by atoms with Gasteiger partial charge in [-0.3, -0.25) is 9.79 Å². The first-order valence-electron chi connectivity index (χ1n) is 10.6. The molecule has 1 amide bonds. The van der Waals surface area contributed by atoms with Crippen molar-refractivity contribution in [3.05, 3.63) is 47.8 Å². The van der Waals surface area contributed by atoms with E-state index in [9.17, 15) is 13.2 Å². The first-order valence-corrected chi connectivity index (χ1v) is 12.2. The highest BCUT2D eigenvalue weighted by Gasteiger charge is 2.58. The van der Waals surface area contributed by atoms with Crippen molar-refractivity contribution in [2.75, 3.05) is 12.4 Å². The highest BCUT2D eigenvalue weighted by molar-refractivity contribution is 7.94. The third kappa shape index (κ3) is 3.62. The number of nitrogens with zero attached hydrogens (tertiary/aromatic N) is 2. The number of aliphatic imine (C=N–C) groups is 1. The number of hydrogen-bond donors (Lipinski definition) is 2. The number of ether oxygens (including phenoxy) is 2. The topological polar surface area (TPSA) is 133 Å². The summed E-state index contributed by atoms with van der Waals surface area (Å²) in [6.07, 6.45) is 1.38. The van der Waals surface area contributed by atoms with Crippen LogP contribution in [0.5, 0.6) is 11.5 Å². The number of rotatable bonds is 3. The molecule has 1 aromatic heterocycles.